The molecule has 0 aliphatic carbocycles. The van der Waals surface area contributed by atoms with Crippen molar-refractivity contribution < 1.29 is 9.90 Å². The van der Waals surface area contributed by atoms with Crippen LogP contribution in [-0.4, -0.2) is 34.0 Å². The number of para-hydroxylation sites is 1. The summed E-state index contributed by atoms with van der Waals surface area (Å²) in [6.45, 7) is 0.702. The van der Waals surface area contributed by atoms with E-state index in [9.17, 15) is 4.79 Å². The first-order valence-corrected chi connectivity index (χ1v) is 5.91. The number of aliphatic carboxylic acids is 1. The maximum Gasteiger partial charge on any atom is 0.317 e. The van der Waals surface area contributed by atoms with Gasteiger partial charge in [-0.3, -0.25) is 14.7 Å². The van der Waals surface area contributed by atoms with Crippen LogP contribution >= 0.6 is 0 Å². The third-order valence-electron chi connectivity index (χ3n) is 2.78. The average Bonchev–Trinajstić information content (AvgIpc) is 2.39. The van der Waals surface area contributed by atoms with E-state index in [0.29, 0.717) is 13.1 Å². The standard InChI is InChI=1S/C15H14N2O2/c1-2-9-17(11-14(18)19)10-13-6-3-5-12-7-4-8-16-15(12)13/h1,3-8H,9-11H2,(H,18,19). The Labute approximate surface area is 111 Å². The van der Waals surface area contributed by atoms with Gasteiger partial charge in [0.15, 0.2) is 0 Å². The second-order valence-corrected chi connectivity index (χ2v) is 4.24. The predicted molar refractivity (Wildman–Crippen MR) is 73.5 cm³/mol. The predicted octanol–water partition coefficient (Wildman–Crippen LogP) is 1.75. The smallest absolute Gasteiger partial charge is 0.317 e. The van der Waals surface area contributed by atoms with Crippen LogP contribution in [0.15, 0.2) is 36.5 Å². The molecule has 1 heterocycles. The van der Waals surface area contributed by atoms with Crippen LogP contribution in [0.25, 0.3) is 10.9 Å². The summed E-state index contributed by atoms with van der Waals surface area (Å²) in [6, 6.07) is 9.72. The molecule has 96 valence electrons. The number of benzene rings is 1. The summed E-state index contributed by atoms with van der Waals surface area (Å²) in [5.74, 6) is 1.60. The van der Waals surface area contributed by atoms with E-state index in [1.54, 1.807) is 11.1 Å². The molecule has 2 rings (SSSR count). The SMILES string of the molecule is C#CCN(CC(=O)O)Cc1cccc2cccnc12. The molecule has 0 fully saturated rings. The van der Waals surface area contributed by atoms with E-state index >= 15 is 0 Å². The molecule has 0 atom stereocenters. The zero-order chi connectivity index (χ0) is 13.7. The Bertz CT molecular complexity index is 626. The van der Waals surface area contributed by atoms with Crippen LogP contribution in [0.4, 0.5) is 0 Å². The fourth-order valence-corrected chi connectivity index (χ4v) is 2.02. The molecular weight excluding hydrogens is 240 g/mol. The lowest BCUT2D eigenvalue weighted by atomic mass is 10.1. The molecule has 0 aliphatic heterocycles. The van der Waals surface area contributed by atoms with Crippen LogP contribution in [0.5, 0.6) is 0 Å². The van der Waals surface area contributed by atoms with E-state index in [0.717, 1.165) is 16.5 Å². The van der Waals surface area contributed by atoms with Gasteiger partial charge in [-0.15, -0.1) is 6.42 Å². The normalized spacial score (nSPS) is 10.5. The van der Waals surface area contributed by atoms with Crippen LogP contribution in [0.2, 0.25) is 0 Å². The van der Waals surface area contributed by atoms with E-state index in [-0.39, 0.29) is 6.54 Å². The molecule has 0 spiro atoms. The summed E-state index contributed by atoms with van der Waals surface area (Å²) < 4.78 is 0. The first-order valence-electron chi connectivity index (χ1n) is 5.91. The topological polar surface area (TPSA) is 53.4 Å². The third kappa shape index (κ3) is 3.30. The van der Waals surface area contributed by atoms with Crippen molar-refractivity contribution in [1.82, 2.24) is 9.88 Å². The highest BCUT2D eigenvalue weighted by Crippen LogP contribution is 2.17. The number of carbonyl (C=O) groups is 1. The van der Waals surface area contributed by atoms with Crippen LogP contribution in [0.1, 0.15) is 5.56 Å². The second-order valence-electron chi connectivity index (χ2n) is 4.24. The highest BCUT2D eigenvalue weighted by molar-refractivity contribution is 5.81. The summed E-state index contributed by atoms with van der Waals surface area (Å²) >= 11 is 0. The quantitative estimate of drug-likeness (QED) is 0.826. The highest BCUT2D eigenvalue weighted by atomic mass is 16.4. The number of nitrogens with zero attached hydrogens (tertiary/aromatic N) is 2. The Morgan fingerprint density at radius 1 is 1.37 bits per heavy atom. The van der Waals surface area contributed by atoms with Crippen molar-refractivity contribution in [2.24, 2.45) is 0 Å². The zero-order valence-corrected chi connectivity index (χ0v) is 10.4. The monoisotopic (exact) mass is 254 g/mol. The number of hydrogen-bond donors (Lipinski definition) is 1. The van der Waals surface area contributed by atoms with Gasteiger partial charge in [0, 0.05) is 18.1 Å². The minimum absolute atomic E-state index is 0.0760. The summed E-state index contributed by atoms with van der Waals surface area (Å²) in [4.78, 5) is 16.9. The van der Waals surface area contributed by atoms with E-state index in [2.05, 4.69) is 10.9 Å². The van der Waals surface area contributed by atoms with Crippen molar-refractivity contribution in [1.29, 1.82) is 0 Å². The summed E-state index contributed by atoms with van der Waals surface area (Å²) in [5, 5.41) is 9.91. The second kappa shape index (κ2) is 5.98. The molecule has 0 radical (unpaired) electrons. The Morgan fingerprint density at radius 3 is 2.89 bits per heavy atom. The first kappa shape index (κ1) is 13.1. The van der Waals surface area contributed by atoms with Gasteiger partial charge in [-0.2, -0.15) is 0 Å². The minimum Gasteiger partial charge on any atom is -0.480 e. The number of aromatic nitrogens is 1. The van der Waals surface area contributed by atoms with Gasteiger partial charge in [0.25, 0.3) is 0 Å². The van der Waals surface area contributed by atoms with Crippen molar-refractivity contribution in [3.8, 4) is 12.3 Å². The van der Waals surface area contributed by atoms with Gasteiger partial charge < -0.3 is 5.11 Å². The van der Waals surface area contributed by atoms with E-state index < -0.39 is 5.97 Å². The average molecular weight is 254 g/mol. The molecule has 1 N–H and O–H groups in total. The van der Waals surface area contributed by atoms with E-state index in [1.807, 2.05) is 30.3 Å². The van der Waals surface area contributed by atoms with Crippen LogP contribution in [-0.2, 0) is 11.3 Å². The number of carboxylic acids is 1. The Balaban J connectivity index is 2.28. The van der Waals surface area contributed by atoms with Crippen molar-refractivity contribution >= 4 is 16.9 Å². The maximum absolute atomic E-state index is 10.8. The summed E-state index contributed by atoms with van der Waals surface area (Å²) in [7, 11) is 0. The van der Waals surface area contributed by atoms with Gasteiger partial charge in [0.05, 0.1) is 18.6 Å². The van der Waals surface area contributed by atoms with Gasteiger partial charge in [-0.05, 0) is 11.6 Å². The minimum atomic E-state index is -0.886. The molecule has 0 unspecified atom stereocenters. The van der Waals surface area contributed by atoms with Crippen LogP contribution in [0, 0.1) is 12.3 Å². The highest BCUT2D eigenvalue weighted by Gasteiger charge is 2.11. The van der Waals surface area contributed by atoms with Gasteiger partial charge in [0.2, 0.25) is 0 Å². The van der Waals surface area contributed by atoms with Crippen molar-refractivity contribution in [3.63, 3.8) is 0 Å². The van der Waals surface area contributed by atoms with Crippen LogP contribution in [0.3, 0.4) is 0 Å². The summed E-state index contributed by atoms with van der Waals surface area (Å²) in [6.07, 6.45) is 7.00. The largest absolute Gasteiger partial charge is 0.480 e. The lowest BCUT2D eigenvalue weighted by molar-refractivity contribution is -0.138. The summed E-state index contributed by atoms with van der Waals surface area (Å²) in [5.41, 5.74) is 1.87. The zero-order valence-electron chi connectivity index (χ0n) is 10.4. The molecule has 0 aliphatic rings. The van der Waals surface area contributed by atoms with E-state index in [4.69, 9.17) is 11.5 Å². The number of hydrogen-bond acceptors (Lipinski definition) is 3. The molecule has 1 aromatic heterocycles. The number of pyridine rings is 1. The fourth-order valence-electron chi connectivity index (χ4n) is 2.02. The van der Waals surface area contributed by atoms with Gasteiger partial charge in [0.1, 0.15) is 0 Å². The molecule has 0 bridgehead atoms. The molecule has 4 nitrogen and oxygen atoms in total. The Kier molecular flexibility index (Phi) is 4.11. The van der Waals surface area contributed by atoms with Gasteiger partial charge in [-0.25, -0.2) is 0 Å². The molecule has 0 amide bonds. The lowest BCUT2D eigenvalue weighted by Crippen LogP contribution is -2.29. The third-order valence-corrected chi connectivity index (χ3v) is 2.78. The van der Waals surface area contributed by atoms with Crippen molar-refractivity contribution in [2.75, 3.05) is 13.1 Å². The number of rotatable bonds is 5. The first-order chi connectivity index (χ1) is 9.20. The van der Waals surface area contributed by atoms with Gasteiger partial charge >= 0.3 is 5.97 Å². The molecule has 1 aromatic carbocycles. The van der Waals surface area contributed by atoms with Gasteiger partial charge in [-0.1, -0.05) is 30.2 Å². The maximum atomic E-state index is 10.8. The number of terminal acetylenes is 1. The molecule has 4 heteroatoms. The fraction of sp³-hybridized carbons (Fsp3) is 0.200. The number of carboxylic acid groups (broad SMARTS) is 1. The Hall–Kier alpha value is -2.38. The van der Waals surface area contributed by atoms with E-state index in [1.165, 1.54) is 0 Å². The molecular formula is C15H14N2O2. The Morgan fingerprint density at radius 2 is 2.16 bits per heavy atom. The molecule has 0 saturated heterocycles. The molecule has 2 aromatic rings. The van der Waals surface area contributed by atoms with Crippen LogP contribution < -0.4 is 0 Å². The number of fused-ring (bicyclic) bond motifs is 1. The lowest BCUT2D eigenvalue weighted by Gasteiger charge is -2.18. The molecule has 0 saturated carbocycles. The van der Waals surface area contributed by atoms with Crippen molar-refractivity contribution in [2.45, 2.75) is 6.54 Å². The van der Waals surface area contributed by atoms with Crippen molar-refractivity contribution in [3.05, 3.63) is 42.1 Å². The molecule has 19 heavy (non-hydrogen) atoms.